The summed E-state index contributed by atoms with van der Waals surface area (Å²) in [6, 6.07) is 12.4. The van der Waals surface area contributed by atoms with Crippen molar-refractivity contribution in [2.75, 3.05) is 16.9 Å². The van der Waals surface area contributed by atoms with Gasteiger partial charge in [-0.3, -0.25) is 39.2 Å². The zero-order valence-corrected chi connectivity index (χ0v) is 17.1. The summed E-state index contributed by atoms with van der Waals surface area (Å²) >= 11 is 0. The molecule has 1 unspecified atom stereocenters. The van der Waals surface area contributed by atoms with Gasteiger partial charge in [0, 0.05) is 6.42 Å². The van der Waals surface area contributed by atoms with Gasteiger partial charge in [-0.05, 0) is 24.3 Å². The number of benzene rings is 2. The molecule has 2 heterocycles. The van der Waals surface area contributed by atoms with Crippen LogP contribution in [0.5, 0.6) is 0 Å². The van der Waals surface area contributed by atoms with Gasteiger partial charge in [-0.1, -0.05) is 24.3 Å². The molecule has 0 spiro atoms. The molecule has 33 heavy (non-hydrogen) atoms. The van der Waals surface area contributed by atoms with Gasteiger partial charge in [0.15, 0.2) is 0 Å². The molecule has 3 aromatic rings. The van der Waals surface area contributed by atoms with Crippen LogP contribution in [0.3, 0.4) is 0 Å². The number of primary amides is 1. The predicted octanol–water partition coefficient (Wildman–Crippen LogP) is -0.609. The number of aromatic nitrogens is 2. The minimum absolute atomic E-state index is 0.0147. The Bertz CT molecular complexity index is 1390. The molecule has 0 aliphatic carbocycles. The Kier molecular flexibility index (Phi) is 5.72. The second-order valence-electron chi connectivity index (χ2n) is 7.22. The average Bonchev–Trinajstić information content (AvgIpc) is 3.27. The molecule has 4 rings (SSSR count). The van der Waals surface area contributed by atoms with E-state index in [1.54, 1.807) is 30.3 Å². The Morgan fingerprint density at radius 1 is 1.03 bits per heavy atom. The van der Waals surface area contributed by atoms with Crippen LogP contribution in [0, 0.1) is 0 Å². The maximum Gasteiger partial charge on any atom is 0.272 e. The Morgan fingerprint density at radius 3 is 2.48 bits per heavy atom. The number of aromatic amines is 2. The van der Waals surface area contributed by atoms with Gasteiger partial charge in [-0.25, -0.2) is 0 Å². The molecule has 12 nitrogen and oxygen atoms in total. The summed E-state index contributed by atoms with van der Waals surface area (Å²) in [5.74, 6) is -1.90. The van der Waals surface area contributed by atoms with Crippen LogP contribution >= 0.6 is 0 Å². The van der Waals surface area contributed by atoms with Gasteiger partial charge < -0.3 is 16.4 Å². The van der Waals surface area contributed by atoms with Gasteiger partial charge in [0.1, 0.15) is 11.8 Å². The van der Waals surface area contributed by atoms with E-state index < -0.39 is 41.4 Å². The van der Waals surface area contributed by atoms with E-state index in [0.717, 1.165) is 0 Å². The summed E-state index contributed by atoms with van der Waals surface area (Å²) in [4.78, 5) is 60.8. The summed E-state index contributed by atoms with van der Waals surface area (Å²) in [7, 11) is 0. The van der Waals surface area contributed by atoms with Gasteiger partial charge in [0.2, 0.25) is 11.8 Å². The number of carbonyl (C=O) groups is 3. The van der Waals surface area contributed by atoms with E-state index in [4.69, 9.17) is 5.73 Å². The quantitative estimate of drug-likeness (QED) is 0.334. The minimum atomic E-state index is -0.831. The first kappa shape index (κ1) is 21.5. The van der Waals surface area contributed by atoms with E-state index in [9.17, 15) is 24.0 Å². The number of hydrogen-bond acceptors (Lipinski definition) is 7. The SMILES string of the molecule is NC(=O)C1CC(C(=O)NCC(=O)Nc2cccc3c(=O)[nH][nH]c(=O)c23)=NN1c1ccccc1. The molecule has 0 saturated carbocycles. The summed E-state index contributed by atoms with van der Waals surface area (Å²) in [6.45, 7) is -0.429. The number of nitrogens with zero attached hydrogens (tertiary/aromatic N) is 2. The van der Waals surface area contributed by atoms with Crippen molar-refractivity contribution in [2.24, 2.45) is 10.8 Å². The zero-order chi connectivity index (χ0) is 23.5. The van der Waals surface area contributed by atoms with Crippen molar-refractivity contribution in [1.82, 2.24) is 15.5 Å². The van der Waals surface area contributed by atoms with E-state index >= 15 is 0 Å². The second kappa shape index (κ2) is 8.78. The molecule has 6 N–H and O–H groups in total. The number of carbonyl (C=O) groups excluding carboxylic acids is 3. The number of fused-ring (bicyclic) bond motifs is 1. The first-order valence-corrected chi connectivity index (χ1v) is 9.88. The molecule has 0 radical (unpaired) electrons. The molecule has 1 aromatic heterocycles. The van der Waals surface area contributed by atoms with Gasteiger partial charge in [0.05, 0.1) is 28.7 Å². The summed E-state index contributed by atoms with van der Waals surface area (Å²) in [5, 5.41) is 15.1. The number of amides is 3. The van der Waals surface area contributed by atoms with Crippen molar-refractivity contribution >= 4 is 45.6 Å². The van der Waals surface area contributed by atoms with Crippen LogP contribution in [-0.4, -0.2) is 46.2 Å². The van der Waals surface area contributed by atoms with Gasteiger partial charge in [-0.15, -0.1) is 0 Å². The Labute approximate surface area is 185 Å². The zero-order valence-electron chi connectivity index (χ0n) is 17.1. The fourth-order valence-electron chi connectivity index (χ4n) is 3.48. The lowest BCUT2D eigenvalue weighted by molar-refractivity contribution is -0.120. The fourth-order valence-corrected chi connectivity index (χ4v) is 3.48. The van der Waals surface area contributed by atoms with Gasteiger partial charge in [0.25, 0.3) is 17.0 Å². The lowest BCUT2D eigenvalue weighted by Gasteiger charge is -2.20. The predicted molar refractivity (Wildman–Crippen MR) is 121 cm³/mol. The van der Waals surface area contributed by atoms with E-state index in [2.05, 4.69) is 25.9 Å². The molecule has 0 fully saturated rings. The van der Waals surface area contributed by atoms with Crippen molar-refractivity contribution in [2.45, 2.75) is 12.5 Å². The number of nitrogens with one attached hydrogen (secondary N) is 4. The van der Waals surface area contributed by atoms with Crippen molar-refractivity contribution < 1.29 is 14.4 Å². The highest BCUT2D eigenvalue weighted by Crippen LogP contribution is 2.24. The molecule has 168 valence electrons. The van der Waals surface area contributed by atoms with E-state index in [-0.39, 0.29) is 28.6 Å². The maximum absolute atomic E-state index is 12.6. The van der Waals surface area contributed by atoms with Crippen molar-refractivity contribution in [3.8, 4) is 0 Å². The molecule has 0 bridgehead atoms. The first-order chi connectivity index (χ1) is 15.8. The number of nitrogens with two attached hydrogens (primary N) is 1. The number of rotatable bonds is 6. The number of hydrazone groups is 1. The van der Waals surface area contributed by atoms with E-state index in [1.807, 2.05) is 0 Å². The monoisotopic (exact) mass is 449 g/mol. The fraction of sp³-hybridized carbons (Fsp3) is 0.143. The largest absolute Gasteiger partial charge is 0.368 e. The van der Waals surface area contributed by atoms with Crippen LogP contribution in [0.25, 0.3) is 10.8 Å². The van der Waals surface area contributed by atoms with Crippen LogP contribution in [-0.2, 0) is 14.4 Å². The normalized spacial score (nSPS) is 15.2. The molecular weight excluding hydrogens is 430 g/mol. The molecule has 3 amide bonds. The third-order valence-electron chi connectivity index (χ3n) is 5.03. The Morgan fingerprint density at radius 2 is 1.76 bits per heavy atom. The molecule has 0 saturated heterocycles. The topological polar surface area (TPSA) is 183 Å². The molecule has 2 aromatic carbocycles. The highest BCUT2D eigenvalue weighted by molar-refractivity contribution is 6.40. The molecule has 1 aliphatic rings. The summed E-state index contributed by atoms with van der Waals surface area (Å²) in [5.41, 5.74) is 5.13. The van der Waals surface area contributed by atoms with Gasteiger partial charge in [-0.2, -0.15) is 5.10 Å². The van der Waals surface area contributed by atoms with Crippen LogP contribution in [0.2, 0.25) is 0 Å². The molecule has 1 atom stereocenters. The first-order valence-electron chi connectivity index (χ1n) is 9.88. The molecular formula is C21H19N7O5. The lowest BCUT2D eigenvalue weighted by Crippen LogP contribution is -2.40. The second-order valence-corrected chi connectivity index (χ2v) is 7.22. The number of hydrogen-bond donors (Lipinski definition) is 5. The average molecular weight is 449 g/mol. The number of H-pyrrole nitrogens is 2. The standard InChI is InChI=1S/C21H19N7O5/c22-18(30)15-9-14(27-28(15)11-5-2-1-3-6-11)20(32)23-10-16(29)24-13-8-4-7-12-17(13)21(33)26-25-19(12)31/h1-8,15H,9-10H2,(H2,22,30)(H,23,32)(H,24,29)(H,25,31)(H,26,33). The highest BCUT2D eigenvalue weighted by atomic mass is 16.2. The number of anilines is 2. The smallest absolute Gasteiger partial charge is 0.272 e. The minimum Gasteiger partial charge on any atom is -0.368 e. The number of para-hydroxylation sites is 1. The van der Waals surface area contributed by atoms with E-state index in [0.29, 0.717) is 5.69 Å². The molecule has 1 aliphatic heterocycles. The van der Waals surface area contributed by atoms with Gasteiger partial charge >= 0.3 is 0 Å². The summed E-state index contributed by atoms with van der Waals surface area (Å²) in [6.07, 6.45) is -0.0147. The van der Waals surface area contributed by atoms with Crippen LogP contribution in [0.4, 0.5) is 11.4 Å². The van der Waals surface area contributed by atoms with Crippen LogP contribution < -0.4 is 32.5 Å². The molecule has 12 heteroatoms. The summed E-state index contributed by atoms with van der Waals surface area (Å²) < 4.78 is 0. The Hall–Kier alpha value is -4.74. The van der Waals surface area contributed by atoms with Crippen LogP contribution in [0.15, 0.2) is 63.2 Å². The van der Waals surface area contributed by atoms with E-state index in [1.165, 1.54) is 23.2 Å². The van der Waals surface area contributed by atoms with Crippen molar-refractivity contribution in [1.29, 1.82) is 0 Å². The Balaban J connectivity index is 1.45. The van der Waals surface area contributed by atoms with Crippen molar-refractivity contribution in [3.63, 3.8) is 0 Å². The lowest BCUT2D eigenvalue weighted by atomic mass is 10.1. The van der Waals surface area contributed by atoms with Crippen LogP contribution in [0.1, 0.15) is 6.42 Å². The van der Waals surface area contributed by atoms with Crippen molar-refractivity contribution in [3.05, 3.63) is 69.2 Å². The third-order valence-corrected chi connectivity index (χ3v) is 5.03. The highest BCUT2D eigenvalue weighted by Gasteiger charge is 2.35. The third kappa shape index (κ3) is 4.35. The maximum atomic E-state index is 12.6.